The van der Waals surface area contributed by atoms with Crippen molar-refractivity contribution in [2.75, 3.05) is 6.54 Å². The number of rotatable bonds is 4. The van der Waals surface area contributed by atoms with Gasteiger partial charge in [0, 0.05) is 11.6 Å². The van der Waals surface area contributed by atoms with Crippen molar-refractivity contribution >= 4 is 17.6 Å². The quantitative estimate of drug-likeness (QED) is 0.746. The number of esters is 1. The second-order valence-electron chi connectivity index (χ2n) is 2.99. The molecular formula is C10H12ClNO3. The lowest BCUT2D eigenvalue weighted by Gasteiger charge is -2.08. The van der Waals surface area contributed by atoms with Crippen molar-refractivity contribution in [1.29, 1.82) is 0 Å². The van der Waals surface area contributed by atoms with Crippen molar-refractivity contribution in [3.05, 3.63) is 34.9 Å². The Hall–Kier alpha value is -1.10. The van der Waals surface area contributed by atoms with Crippen molar-refractivity contribution < 1.29 is 14.6 Å². The van der Waals surface area contributed by atoms with Gasteiger partial charge in [-0.3, -0.25) is 0 Å². The van der Waals surface area contributed by atoms with Crippen LogP contribution in [0.2, 0.25) is 5.02 Å². The molecule has 0 spiro atoms. The van der Waals surface area contributed by atoms with Gasteiger partial charge >= 0.3 is 5.97 Å². The Morgan fingerprint density at radius 1 is 1.60 bits per heavy atom. The monoisotopic (exact) mass is 229 g/mol. The number of benzene rings is 1. The molecular weight excluding hydrogens is 218 g/mol. The van der Waals surface area contributed by atoms with Crippen LogP contribution in [-0.4, -0.2) is 23.7 Å². The average Bonchev–Trinajstić information content (AvgIpc) is 2.25. The van der Waals surface area contributed by atoms with E-state index < -0.39 is 12.1 Å². The highest BCUT2D eigenvalue weighted by atomic mass is 35.5. The molecule has 0 saturated carbocycles. The summed E-state index contributed by atoms with van der Waals surface area (Å²) in [7, 11) is 0. The second kappa shape index (κ2) is 5.70. The summed E-state index contributed by atoms with van der Waals surface area (Å²) in [5.74, 6) is -0.725. The van der Waals surface area contributed by atoms with E-state index in [0.717, 1.165) is 5.56 Å². The van der Waals surface area contributed by atoms with Gasteiger partial charge < -0.3 is 15.6 Å². The molecule has 1 rings (SSSR count). The molecule has 1 atom stereocenters. The number of carbonyl (C=O) groups is 1. The number of hydrogen-bond acceptors (Lipinski definition) is 4. The summed E-state index contributed by atoms with van der Waals surface area (Å²) in [6, 6.07) is 6.93. The van der Waals surface area contributed by atoms with Crippen molar-refractivity contribution in [1.82, 2.24) is 0 Å². The molecule has 0 fully saturated rings. The molecule has 3 N–H and O–H groups in total. The van der Waals surface area contributed by atoms with Gasteiger partial charge in [-0.1, -0.05) is 23.7 Å². The number of ether oxygens (including phenoxy) is 1. The molecule has 0 heterocycles. The van der Waals surface area contributed by atoms with E-state index in [1.165, 1.54) is 0 Å². The van der Waals surface area contributed by atoms with Crippen molar-refractivity contribution in [3.63, 3.8) is 0 Å². The molecule has 0 aliphatic carbocycles. The third-order valence-electron chi connectivity index (χ3n) is 1.77. The van der Waals surface area contributed by atoms with E-state index in [-0.39, 0.29) is 13.2 Å². The summed E-state index contributed by atoms with van der Waals surface area (Å²) in [6.45, 7) is -0.0647. The van der Waals surface area contributed by atoms with Crippen LogP contribution in [-0.2, 0) is 16.1 Å². The topological polar surface area (TPSA) is 72.5 Å². The van der Waals surface area contributed by atoms with Crippen LogP contribution in [0.1, 0.15) is 5.56 Å². The predicted molar refractivity (Wildman–Crippen MR) is 56.3 cm³/mol. The van der Waals surface area contributed by atoms with E-state index in [2.05, 4.69) is 0 Å². The largest absolute Gasteiger partial charge is 0.459 e. The fourth-order valence-electron chi connectivity index (χ4n) is 0.974. The molecule has 0 radical (unpaired) electrons. The first-order valence-electron chi connectivity index (χ1n) is 4.42. The highest BCUT2D eigenvalue weighted by Crippen LogP contribution is 2.11. The highest BCUT2D eigenvalue weighted by Gasteiger charge is 2.13. The van der Waals surface area contributed by atoms with Gasteiger partial charge in [-0.2, -0.15) is 0 Å². The van der Waals surface area contributed by atoms with Crippen molar-refractivity contribution in [2.45, 2.75) is 12.7 Å². The maximum absolute atomic E-state index is 11.0. The van der Waals surface area contributed by atoms with Crippen LogP contribution in [0.4, 0.5) is 0 Å². The van der Waals surface area contributed by atoms with Crippen LogP contribution in [0.3, 0.4) is 0 Å². The number of hydrogen-bond donors (Lipinski definition) is 2. The summed E-state index contributed by atoms with van der Waals surface area (Å²) in [6.07, 6.45) is -1.26. The first-order valence-corrected chi connectivity index (χ1v) is 4.80. The molecule has 0 saturated heterocycles. The Morgan fingerprint density at radius 3 is 2.93 bits per heavy atom. The Kier molecular flexibility index (Phi) is 4.55. The first kappa shape index (κ1) is 12.0. The number of carbonyl (C=O) groups excluding carboxylic acids is 1. The molecule has 0 aliphatic heterocycles. The van der Waals surface area contributed by atoms with Crippen LogP contribution in [0, 0.1) is 0 Å². The van der Waals surface area contributed by atoms with Crippen LogP contribution in [0.15, 0.2) is 24.3 Å². The van der Waals surface area contributed by atoms with E-state index in [0.29, 0.717) is 5.02 Å². The Bertz CT molecular complexity index is 343. The smallest absolute Gasteiger partial charge is 0.336 e. The molecule has 0 bridgehead atoms. The summed E-state index contributed by atoms with van der Waals surface area (Å²) in [5, 5.41) is 9.61. The van der Waals surface area contributed by atoms with Gasteiger partial charge in [0.1, 0.15) is 6.61 Å². The van der Waals surface area contributed by atoms with Gasteiger partial charge in [-0.05, 0) is 17.7 Å². The van der Waals surface area contributed by atoms with Gasteiger partial charge in [0.15, 0.2) is 6.10 Å². The van der Waals surface area contributed by atoms with Gasteiger partial charge in [-0.25, -0.2) is 4.79 Å². The summed E-state index contributed by atoms with van der Waals surface area (Å²) < 4.78 is 4.81. The minimum Gasteiger partial charge on any atom is -0.459 e. The highest BCUT2D eigenvalue weighted by molar-refractivity contribution is 6.30. The number of nitrogens with two attached hydrogens (primary N) is 1. The maximum Gasteiger partial charge on any atom is 0.336 e. The molecule has 15 heavy (non-hydrogen) atoms. The van der Waals surface area contributed by atoms with Crippen LogP contribution in [0.5, 0.6) is 0 Å². The van der Waals surface area contributed by atoms with Crippen LogP contribution in [0.25, 0.3) is 0 Å². The molecule has 0 unspecified atom stereocenters. The van der Waals surface area contributed by atoms with Gasteiger partial charge in [-0.15, -0.1) is 0 Å². The van der Waals surface area contributed by atoms with E-state index in [9.17, 15) is 4.79 Å². The second-order valence-corrected chi connectivity index (χ2v) is 3.43. The third kappa shape index (κ3) is 3.87. The summed E-state index contributed by atoms with van der Waals surface area (Å²) in [5.41, 5.74) is 5.86. The van der Waals surface area contributed by atoms with Crippen LogP contribution < -0.4 is 5.73 Å². The van der Waals surface area contributed by atoms with E-state index >= 15 is 0 Å². The van der Waals surface area contributed by atoms with E-state index in [1.807, 2.05) is 0 Å². The minimum atomic E-state index is -1.26. The molecule has 1 aromatic carbocycles. The molecule has 0 aromatic heterocycles. The minimum absolute atomic E-state index is 0.0798. The molecule has 0 aliphatic rings. The molecule has 5 heteroatoms. The average molecular weight is 230 g/mol. The first-order chi connectivity index (χ1) is 7.13. The van der Waals surface area contributed by atoms with E-state index in [4.69, 9.17) is 27.2 Å². The van der Waals surface area contributed by atoms with Crippen molar-refractivity contribution in [3.8, 4) is 0 Å². The fourth-order valence-corrected chi connectivity index (χ4v) is 1.19. The zero-order valence-electron chi connectivity index (χ0n) is 8.02. The summed E-state index contributed by atoms with van der Waals surface area (Å²) in [4.78, 5) is 11.0. The lowest BCUT2D eigenvalue weighted by Crippen LogP contribution is -2.30. The lowest BCUT2D eigenvalue weighted by molar-refractivity contribution is -0.154. The predicted octanol–water partition coefficient (Wildman–Crippen LogP) is 0.703. The van der Waals surface area contributed by atoms with Gasteiger partial charge in [0.25, 0.3) is 0 Å². The number of aliphatic hydroxyl groups excluding tert-OH is 1. The zero-order valence-corrected chi connectivity index (χ0v) is 8.78. The standard InChI is InChI=1S/C10H12ClNO3/c11-8-3-1-2-7(4-8)6-15-10(14)9(13)5-12/h1-4,9,13H,5-6,12H2/t9-/m0/s1. The zero-order chi connectivity index (χ0) is 11.3. The SMILES string of the molecule is NC[C@H](O)C(=O)OCc1cccc(Cl)c1. The van der Waals surface area contributed by atoms with Crippen molar-refractivity contribution in [2.24, 2.45) is 5.73 Å². The Labute approximate surface area is 92.6 Å². The van der Waals surface area contributed by atoms with Gasteiger partial charge in [0.05, 0.1) is 0 Å². The van der Waals surface area contributed by atoms with Gasteiger partial charge in [0.2, 0.25) is 0 Å². The Morgan fingerprint density at radius 2 is 2.33 bits per heavy atom. The number of aliphatic hydroxyl groups is 1. The fraction of sp³-hybridized carbons (Fsp3) is 0.300. The lowest BCUT2D eigenvalue weighted by atomic mass is 10.2. The Balaban J connectivity index is 2.47. The normalized spacial score (nSPS) is 12.2. The maximum atomic E-state index is 11.0. The molecule has 1 aromatic rings. The molecule has 82 valence electrons. The van der Waals surface area contributed by atoms with E-state index in [1.54, 1.807) is 24.3 Å². The third-order valence-corrected chi connectivity index (χ3v) is 2.00. The van der Waals surface area contributed by atoms with Crippen LogP contribution >= 0.6 is 11.6 Å². The number of halogens is 1. The molecule has 0 amide bonds. The molecule has 4 nitrogen and oxygen atoms in total. The summed E-state index contributed by atoms with van der Waals surface area (Å²) >= 11 is 5.74.